The van der Waals surface area contributed by atoms with Crippen molar-refractivity contribution in [1.29, 1.82) is 5.26 Å². The topological polar surface area (TPSA) is 36.7 Å². The molecule has 0 aliphatic heterocycles. The number of halogens is 1. The minimum Gasteiger partial charge on any atom is -0.256 e. The molecule has 2 nitrogen and oxygen atoms in total. The van der Waals surface area contributed by atoms with Crippen LogP contribution < -0.4 is 0 Å². The van der Waals surface area contributed by atoms with Gasteiger partial charge in [-0.05, 0) is 42.2 Å². The van der Waals surface area contributed by atoms with Crippen LogP contribution in [-0.2, 0) is 0 Å². The Morgan fingerprint density at radius 1 is 1.32 bits per heavy atom. The van der Waals surface area contributed by atoms with Crippen LogP contribution in [0.15, 0.2) is 54.3 Å². The fraction of sp³-hybridized carbons (Fsp3) is 0.263. The summed E-state index contributed by atoms with van der Waals surface area (Å²) in [4.78, 5) is 4.35. The third-order valence-corrected chi connectivity index (χ3v) is 3.75. The average molecular weight is 311 g/mol. The molecule has 0 spiro atoms. The van der Waals surface area contributed by atoms with E-state index in [9.17, 15) is 5.26 Å². The maximum Gasteiger partial charge on any atom is 0.0966 e. The highest BCUT2D eigenvalue weighted by molar-refractivity contribution is 6.31. The Balaban J connectivity index is 2.54. The molecular weight excluding hydrogens is 292 g/mol. The Morgan fingerprint density at radius 3 is 2.73 bits per heavy atom. The third kappa shape index (κ3) is 3.55. The van der Waals surface area contributed by atoms with Crippen molar-refractivity contribution in [1.82, 2.24) is 4.98 Å². The molecule has 3 heteroatoms. The van der Waals surface area contributed by atoms with E-state index in [-0.39, 0.29) is 5.92 Å². The Labute approximate surface area is 136 Å². The third-order valence-electron chi connectivity index (χ3n) is 3.52. The molecule has 1 aromatic heterocycles. The molecule has 1 aromatic carbocycles. The molecule has 0 fully saturated rings. The molecule has 2 aromatic rings. The average Bonchev–Trinajstić information content (AvgIpc) is 2.50. The first-order chi connectivity index (χ1) is 10.6. The molecule has 0 amide bonds. The van der Waals surface area contributed by atoms with Gasteiger partial charge in [0.15, 0.2) is 0 Å². The fourth-order valence-corrected chi connectivity index (χ4v) is 2.55. The molecule has 0 N–H and O–H groups in total. The minimum atomic E-state index is -0.313. The molecule has 0 aliphatic carbocycles. The highest BCUT2D eigenvalue weighted by Crippen LogP contribution is 2.31. The standard InChI is InChI=1S/C19H19ClN2/c1-4-14(6-5-13(2)3)18(12-21)16-9-10-22-19-11-15(20)7-8-17(16)19/h4-11,13,18H,1-3H3/b6-5-,14-4?. The van der Waals surface area contributed by atoms with E-state index in [0.29, 0.717) is 10.9 Å². The molecule has 0 radical (unpaired) electrons. The summed E-state index contributed by atoms with van der Waals surface area (Å²) in [5.74, 6) is 0.133. The molecule has 1 unspecified atom stereocenters. The lowest BCUT2D eigenvalue weighted by Gasteiger charge is -2.14. The van der Waals surface area contributed by atoms with Gasteiger partial charge in [0.2, 0.25) is 0 Å². The number of rotatable bonds is 4. The van der Waals surface area contributed by atoms with Crippen molar-refractivity contribution in [3.05, 3.63) is 64.8 Å². The van der Waals surface area contributed by atoms with Crippen LogP contribution in [-0.4, -0.2) is 4.98 Å². The van der Waals surface area contributed by atoms with E-state index in [1.165, 1.54) is 0 Å². The van der Waals surface area contributed by atoms with Gasteiger partial charge in [-0.1, -0.05) is 49.7 Å². The number of allylic oxidation sites excluding steroid dienone is 4. The number of benzene rings is 1. The number of pyridine rings is 1. The molecule has 1 atom stereocenters. The first kappa shape index (κ1) is 16.3. The second-order valence-corrected chi connectivity index (χ2v) is 5.95. The lowest BCUT2D eigenvalue weighted by atomic mass is 9.89. The van der Waals surface area contributed by atoms with E-state index in [2.05, 4.69) is 31.0 Å². The summed E-state index contributed by atoms with van der Waals surface area (Å²) in [6.45, 7) is 6.20. The van der Waals surface area contributed by atoms with Gasteiger partial charge in [-0.3, -0.25) is 4.98 Å². The van der Waals surface area contributed by atoms with E-state index in [1.54, 1.807) is 6.20 Å². The van der Waals surface area contributed by atoms with Gasteiger partial charge >= 0.3 is 0 Å². The Kier molecular flexibility index (Phi) is 5.35. The van der Waals surface area contributed by atoms with Gasteiger partial charge in [-0.2, -0.15) is 5.26 Å². The first-order valence-electron chi connectivity index (χ1n) is 7.35. The number of aromatic nitrogens is 1. The number of hydrogen-bond acceptors (Lipinski definition) is 2. The zero-order valence-electron chi connectivity index (χ0n) is 13.0. The monoisotopic (exact) mass is 310 g/mol. The molecule has 0 saturated carbocycles. The van der Waals surface area contributed by atoms with Crippen LogP contribution in [0, 0.1) is 17.2 Å². The summed E-state index contributed by atoms with van der Waals surface area (Å²) >= 11 is 6.03. The molecule has 112 valence electrons. The van der Waals surface area contributed by atoms with Crippen LogP contribution in [0.25, 0.3) is 10.9 Å². The first-order valence-corrected chi connectivity index (χ1v) is 7.72. The number of nitrogens with zero attached hydrogens (tertiary/aromatic N) is 2. The SMILES string of the molecule is CC=C(/C=C\C(C)C)C(C#N)c1ccnc2cc(Cl)ccc12. The van der Waals surface area contributed by atoms with Crippen LogP contribution in [0.2, 0.25) is 5.02 Å². The Bertz CT molecular complexity index is 767. The molecule has 0 saturated heterocycles. The zero-order chi connectivity index (χ0) is 16.1. The normalized spacial score (nSPS) is 13.7. The van der Waals surface area contributed by atoms with Gasteiger partial charge in [0.05, 0.1) is 17.5 Å². The van der Waals surface area contributed by atoms with Crippen LogP contribution in [0.1, 0.15) is 32.3 Å². The highest BCUT2D eigenvalue weighted by atomic mass is 35.5. The minimum absolute atomic E-state index is 0.313. The summed E-state index contributed by atoms with van der Waals surface area (Å²) in [5, 5.41) is 11.3. The predicted molar refractivity (Wildman–Crippen MR) is 92.8 cm³/mol. The van der Waals surface area contributed by atoms with Crippen molar-refractivity contribution in [2.75, 3.05) is 0 Å². The van der Waals surface area contributed by atoms with E-state index in [1.807, 2.05) is 43.3 Å². The zero-order valence-corrected chi connectivity index (χ0v) is 13.8. The van der Waals surface area contributed by atoms with Crippen molar-refractivity contribution < 1.29 is 0 Å². The van der Waals surface area contributed by atoms with Gasteiger partial charge in [0.25, 0.3) is 0 Å². The fourth-order valence-electron chi connectivity index (χ4n) is 2.38. The molecule has 1 heterocycles. The molecular formula is C19H19ClN2. The van der Waals surface area contributed by atoms with Gasteiger partial charge in [-0.25, -0.2) is 0 Å². The van der Waals surface area contributed by atoms with E-state index in [0.717, 1.165) is 22.0 Å². The molecule has 0 bridgehead atoms. The second-order valence-electron chi connectivity index (χ2n) is 5.52. The highest BCUT2D eigenvalue weighted by Gasteiger charge is 2.17. The van der Waals surface area contributed by atoms with Crippen molar-refractivity contribution >= 4 is 22.5 Å². The second kappa shape index (κ2) is 7.24. The number of hydrogen-bond donors (Lipinski definition) is 0. The van der Waals surface area contributed by atoms with Crippen molar-refractivity contribution in [2.24, 2.45) is 5.92 Å². The van der Waals surface area contributed by atoms with Crippen LogP contribution >= 0.6 is 11.6 Å². The maximum atomic E-state index is 9.69. The maximum absolute atomic E-state index is 9.69. The van der Waals surface area contributed by atoms with Crippen LogP contribution in [0.4, 0.5) is 0 Å². The van der Waals surface area contributed by atoms with E-state index in [4.69, 9.17) is 11.6 Å². The predicted octanol–water partition coefficient (Wildman–Crippen LogP) is 5.65. The summed E-state index contributed by atoms with van der Waals surface area (Å²) < 4.78 is 0. The Hall–Kier alpha value is -2.11. The Morgan fingerprint density at radius 2 is 2.09 bits per heavy atom. The largest absolute Gasteiger partial charge is 0.256 e. The summed E-state index contributed by atoms with van der Waals surface area (Å²) in [7, 11) is 0. The van der Waals surface area contributed by atoms with Crippen molar-refractivity contribution in [3.8, 4) is 6.07 Å². The quantitative estimate of drug-likeness (QED) is 0.684. The molecule has 2 rings (SSSR count). The van der Waals surface area contributed by atoms with Crippen molar-refractivity contribution in [2.45, 2.75) is 26.7 Å². The van der Waals surface area contributed by atoms with Crippen molar-refractivity contribution in [3.63, 3.8) is 0 Å². The van der Waals surface area contributed by atoms with E-state index < -0.39 is 0 Å². The van der Waals surface area contributed by atoms with E-state index >= 15 is 0 Å². The summed E-state index contributed by atoms with van der Waals surface area (Å²) in [6.07, 6.45) is 7.88. The van der Waals surface area contributed by atoms with Gasteiger partial charge in [-0.15, -0.1) is 0 Å². The lowest BCUT2D eigenvalue weighted by Crippen LogP contribution is -2.00. The number of nitriles is 1. The van der Waals surface area contributed by atoms with Gasteiger partial charge in [0.1, 0.15) is 0 Å². The smallest absolute Gasteiger partial charge is 0.0966 e. The summed E-state index contributed by atoms with van der Waals surface area (Å²) in [5.41, 5.74) is 2.78. The van der Waals surface area contributed by atoms with Gasteiger partial charge < -0.3 is 0 Å². The van der Waals surface area contributed by atoms with Crippen LogP contribution in [0.5, 0.6) is 0 Å². The number of fused-ring (bicyclic) bond motifs is 1. The molecule has 0 aliphatic rings. The van der Waals surface area contributed by atoms with Crippen LogP contribution in [0.3, 0.4) is 0 Å². The summed E-state index contributed by atoms with van der Waals surface area (Å²) in [6, 6.07) is 9.93. The van der Waals surface area contributed by atoms with Gasteiger partial charge in [0, 0.05) is 16.6 Å². The molecule has 22 heavy (non-hydrogen) atoms. The lowest BCUT2D eigenvalue weighted by molar-refractivity contribution is 0.828.